The van der Waals surface area contributed by atoms with Gasteiger partial charge in [-0.15, -0.1) is 0 Å². The smallest absolute Gasteiger partial charge is 0.0342 e. The van der Waals surface area contributed by atoms with Gasteiger partial charge in [0.2, 0.25) is 0 Å². The number of anilines is 1. The Morgan fingerprint density at radius 3 is 2.35 bits per heavy atom. The van der Waals surface area contributed by atoms with Gasteiger partial charge < -0.3 is 10.6 Å². The van der Waals surface area contributed by atoms with E-state index in [9.17, 15) is 0 Å². The predicted molar refractivity (Wildman–Crippen MR) is 74.3 cm³/mol. The average molecular weight is 232 g/mol. The molecule has 1 saturated carbocycles. The highest BCUT2D eigenvalue weighted by molar-refractivity contribution is 5.45. The molecule has 2 rings (SSSR count). The Morgan fingerprint density at radius 2 is 1.76 bits per heavy atom. The Kier molecular flexibility index (Phi) is 4.43. The molecule has 1 aliphatic carbocycles. The summed E-state index contributed by atoms with van der Waals surface area (Å²) in [7, 11) is 0. The van der Waals surface area contributed by atoms with Crippen LogP contribution in [0.2, 0.25) is 0 Å². The summed E-state index contributed by atoms with van der Waals surface area (Å²) < 4.78 is 0. The van der Waals surface area contributed by atoms with Crippen LogP contribution in [0.25, 0.3) is 0 Å². The van der Waals surface area contributed by atoms with Crippen LogP contribution in [0, 0.1) is 0 Å². The summed E-state index contributed by atoms with van der Waals surface area (Å²) in [6.07, 6.45) is 5.43. The SMILES string of the molecule is CC(C)NCc1ccc(NC2CCCC2)cc1. The fourth-order valence-electron chi connectivity index (χ4n) is 2.35. The van der Waals surface area contributed by atoms with E-state index in [1.54, 1.807) is 0 Å². The molecule has 0 bridgehead atoms. The van der Waals surface area contributed by atoms with Gasteiger partial charge >= 0.3 is 0 Å². The maximum Gasteiger partial charge on any atom is 0.0342 e. The first kappa shape index (κ1) is 12.4. The summed E-state index contributed by atoms with van der Waals surface area (Å²) >= 11 is 0. The van der Waals surface area contributed by atoms with Crippen LogP contribution >= 0.6 is 0 Å². The van der Waals surface area contributed by atoms with Gasteiger partial charge in [-0.3, -0.25) is 0 Å². The average Bonchev–Trinajstić information content (AvgIpc) is 2.81. The van der Waals surface area contributed by atoms with E-state index in [1.165, 1.54) is 36.9 Å². The van der Waals surface area contributed by atoms with Gasteiger partial charge in [-0.1, -0.05) is 38.8 Å². The van der Waals surface area contributed by atoms with E-state index in [0.717, 1.165) is 6.54 Å². The molecule has 1 aromatic carbocycles. The van der Waals surface area contributed by atoms with Crippen molar-refractivity contribution >= 4 is 5.69 Å². The predicted octanol–water partition coefficient (Wildman–Crippen LogP) is 3.54. The van der Waals surface area contributed by atoms with Crippen molar-refractivity contribution < 1.29 is 0 Å². The van der Waals surface area contributed by atoms with Crippen molar-refractivity contribution in [2.45, 2.75) is 58.2 Å². The maximum absolute atomic E-state index is 3.61. The molecule has 0 aliphatic heterocycles. The van der Waals surface area contributed by atoms with Crippen LogP contribution in [0.3, 0.4) is 0 Å². The molecule has 0 amide bonds. The Labute approximate surface area is 105 Å². The highest BCUT2D eigenvalue weighted by atomic mass is 14.9. The van der Waals surface area contributed by atoms with Crippen molar-refractivity contribution in [2.75, 3.05) is 5.32 Å². The molecule has 1 aliphatic rings. The van der Waals surface area contributed by atoms with Crippen LogP contribution in [0.4, 0.5) is 5.69 Å². The van der Waals surface area contributed by atoms with Gasteiger partial charge in [-0.25, -0.2) is 0 Å². The fraction of sp³-hybridized carbons (Fsp3) is 0.600. The lowest BCUT2D eigenvalue weighted by atomic mass is 10.1. The Hall–Kier alpha value is -1.02. The van der Waals surface area contributed by atoms with Gasteiger partial charge in [-0.05, 0) is 30.5 Å². The molecule has 2 heteroatoms. The number of rotatable bonds is 5. The first-order chi connectivity index (χ1) is 8.24. The van der Waals surface area contributed by atoms with Crippen LogP contribution in [-0.4, -0.2) is 12.1 Å². The normalized spacial score (nSPS) is 16.6. The van der Waals surface area contributed by atoms with E-state index in [2.05, 4.69) is 48.7 Å². The molecule has 0 aromatic heterocycles. The number of hydrogen-bond donors (Lipinski definition) is 2. The molecule has 0 spiro atoms. The first-order valence-electron chi connectivity index (χ1n) is 6.83. The lowest BCUT2D eigenvalue weighted by Crippen LogP contribution is -2.21. The van der Waals surface area contributed by atoms with Crippen LogP contribution < -0.4 is 10.6 Å². The fourth-order valence-corrected chi connectivity index (χ4v) is 2.35. The topological polar surface area (TPSA) is 24.1 Å². The van der Waals surface area contributed by atoms with Crippen molar-refractivity contribution in [3.05, 3.63) is 29.8 Å². The summed E-state index contributed by atoms with van der Waals surface area (Å²) in [5, 5.41) is 7.05. The largest absolute Gasteiger partial charge is 0.382 e. The molecule has 0 heterocycles. The van der Waals surface area contributed by atoms with E-state index in [0.29, 0.717) is 12.1 Å². The van der Waals surface area contributed by atoms with Gasteiger partial charge in [0.15, 0.2) is 0 Å². The molecule has 1 fully saturated rings. The van der Waals surface area contributed by atoms with Crippen LogP contribution in [0.1, 0.15) is 45.1 Å². The number of benzene rings is 1. The maximum atomic E-state index is 3.61. The second-order valence-corrected chi connectivity index (χ2v) is 5.36. The van der Waals surface area contributed by atoms with Crippen molar-refractivity contribution in [1.82, 2.24) is 5.32 Å². The second kappa shape index (κ2) is 6.06. The molecular formula is C15H24N2. The third kappa shape index (κ3) is 4.04. The Morgan fingerprint density at radius 1 is 1.12 bits per heavy atom. The van der Waals surface area contributed by atoms with Gasteiger partial charge in [0.1, 0.15) is 0 Å². The van der Waals surface area contributed by atoms with Crippen LogP contribution in [-0.2, 0) is 6.54 Å². The molecule has 2 nitrogen and oxygen atoms in total. The van der Waals surface area contributed by atoms with Gasteiger partial charge in [0.25, 0.3) is 0 Å². The summed E-state index contributed by atoms with van der Waals surface area (Å²) in [4.78, 5) is 0. The summed E-state index contributed by atoms with van der Waals surface area (Å²) in [6, 6.07) is 10.1. The molecule has 1 aromatic rings. The van der Waals surface area contributed by atoms with Crippen molar-refractivity contribution in [3.8, 4) is 0 Å². The molecule has 0 saturated heterocycles. The first-order valence-corrected chi connectivity index (χ1v) is 6.83. The minimum Gasteiger partial charge on any atom is -0.382 e. The summed E-state index contributed by atoms with van der Waals surface area (Å²) in [5.41, 5.74) is 2.63. The van der Waals surface area contributed by atoms with E-state index in [-0.39, 0.29) is 0 Å². The lowest BCUT2D eigenvalue weighted by Gasteiger charge is -2.14. The summed E-state index contributed by atoms with van der Waals surface area (Å²) in [6.45, 7) is 5.31. The third-order valence-corrected chi connectivity index (χ3v) is 3.39. The second-order valence-electron chi connectivity index (χ2n) is 5.36. The minimum absolute atomic E-state index is 0.547. The van der Waals surface area contributed by atoms with E-state index < -0.39 is 0 Å². The highest BCUT2D eigenvalue weighted by Crippen LogP contribution is 2.22. The van der Waals surface area contributed by atoms with E-state index in [4.69, 9.17) is 0 Å². The molecule has 0 radical (unpaired) electrons. The quantitative estimate of drug-likeness (QED) is 0.811. The van der Waals surface area contributed by atoms with Crippen LogP contribution in [0.5, 0.6) is 0 Å². The molecule has 17 heavy (non-hydrogen) atoms. The monoisotopic (exact) mass is 232 g/mol. The Balaban J connectivity index is 1.84. The molecular weight excluding hydrogens is 208 g/mol. The van der Waals surface area contributed by atoms with Crippen LogP contribution in [0.15, 0.2) is 24.3 Å². The molecule has 2 N–H and O–H groups in total. The van der Waals surface area contributed by atoms with Gasteiger partial charge in [-0.2, -0.15) is 0 Å². The zero-order valence-electron chi connectivity index (χ0n) is 11.0. The lowest BCUT2D eigenvalue weighted by molar-refractivity contribution is 0.589. The molecule has 0 atom stereocenters. The minimum atomic E-state index is 0.547. The zero-order valence-corrected chi connectivity index (χ0v) is 11.0. The number of hydrogen-bond acceptors (Lipinski definition) is 2. The van der Waals surface area contributed by atoms with E-state index in [1.807, 2.05) is 0 Å². The number of nitrogens with one attached hydrogen (secondary N) is 2. The van der Waals surface area contributed by atoms with Crippen molar-refractivity contribution in [2.24, 2.45) is 0 Å². The third-order valence-electron chi connectivity index (χ3n) is 3.39. The van der Waals surface area contributed by atoms with Gasteiger partial charge in [0.05, 0.1) is 0 Å². The van der Waals surface area contributed by atoms with Crippen molar-refractivity contribution in [3.63, 3.8) is 0 Å². The van der Waals surface area contributed by atoms with E-state index >= 15 is 0 Å². The zero-order chi connectivity index (χ0) is 12.1. The highest BCUT2D eigenvalue weighted by Gasteiger charge is 2.13. The standard InChI is InChI=1S/C15H24N2/c1-12(2)16-11-13-7-9-15(10-8-13)17-14-5-3-4-6-14/h7-10,12,14,16-17H,3-6,11H2,1-2H3. The Bertz CT molecular complexity index is 323. The summed E-state index contributed by atoms with van der Waals surface area (Å²) in [5.74, 6) is 0. The molecule has 0 unspecified atom stereocenters. The van der Waals surface area contributed by atoms with Crippen molar-refractivity contribution in [1.29, 1.82) is 0 Å². The van der Waals surface area contributed by atoms with Gasteiger partial charge in [0, 0.05) is 24.3 Å². The molecule has 94 valence electrons.